The van der Waals surface area contributed by atoms with E-state index in [0.29, 0.717) is 12.2 Å². The molecular formula is C12H15NO3. The fourth-order valence-electron chi connectivity index (χ4n) is 1.78. The van der Waals surface area contributed by atoms with Crippen molar-refractivity contribution >= 4 is 5.97 Å². The molecule has 0 bridgehead atoms. The first-order valence-electron chi connectivity index (χ1n) is 5.30. The Morgan fingerprint density at radius 3 is 3.12 bits per heavy atom. The van der Waals surface area contributed by atoms with Crippen molar-refractivity contribution < 1.29 is 14.3 Å². The van der Waals surface area contributed by atoms with Crippen molar-refractivity contribution in [3.63, 3.8) is 0 Å². The summed E-state index contributed by atoms with van der Waals surface area (Å²) in [6, 6.07) is 7.60. The van der Waals surface area contributed by atoms with E-state index in [1.54, 1.807) is 6.07 Å². The summed E-state index contributed by atoms with van der Waals surface area (Å²) in [7, 11) is 1.39. The van der Waals surface area contributed by atoms with Crippen molar-refractivity contribution in [3.05, 3.63) is 35.4 Å². The number of hydrogen-bond donors (Lipinski definition) is 1. The van der Waals surface area contributed by atoms with Gasteiger partial charge in [0.15, 0.2) is 0 Å². The quantitative estimate of drug-likeness (QED) is 0.761. The minimum absolute atomic E-state index is 0.165. The van der Waals surface area contributed by atoms with Gasteiger partial charge in [-0.3, -0.25) is 0 Å². The monoisotopic (exact) mass is 221 g/mol. The summed E-state index contributed by atoms with van der Waals surface area (Å²) in [5.74, 6) is -0.307. The number of methoxy groups -OCH3 is 1. The lowest BCUT2D eigenvalue weighted by Gasteiger charge is -2.24. The van der Waals surface area contributed by atoms with Gasteiger partial charge >= 0.3 is 5.97 Å². The number of hydrogen-bond acceptors (Lipinski definition) is 4. The molecule has 1 atom stereocenters. The Morgan fingerprint density at radius 2 is 2.44 bits per heavy atom. The molecule has 1 aromatic rings. The van der Waals surface area contributed by atoms with Crippen LogP contribution in [0.3, 0.4) is 0 Å². The number of nitrogens with one attached hydrogen (secondary N) is 1. The average molecular weight is 221 g/mol. The zero-order valence-corrected chi connectivity index (χ0v) is 9.23. The molecule has 4 heteroatoms. The highest BCUT2D eigenvalue weighted by atomic mass is 16.5. The second kappa shape index (κ2) is 5.09. The molecule has 1 saturated heterocycles. The Morgan fingerprint density at radius 1 is 1.56 bits per heavy atom. The Balaban J connectivity index is 2.17. The molecule has 0 amide bonds. The Labute approximate surface area is 94.6 Å². The average Bonchev–Trinajstić information content (AvgIpc) is 2.39. The SMILES string of the molecule is COC(=O)c1cccc([C@@H]2COCCN2)c1. The summed E-state index contributed by atoms with van der Waals surface area (Å²) >= 11 is 0. The molecule has 0 radical (unpaired) electrons. The molecule has 0 spiro atoms. The molecule has 0 aliphatic carbocycles. The minimum Gasteiger partial charge on any atom is -0.465 e. The van der Waals surface area contributed by atoms with E-state index in [1.807, 2.05) is 18.2 Å². The third-order valence-electron chi connectivity index (χ3n) is 2.63. The van der Waals surface area contributed by atoms with Gasteiger partial charge in [-0.05, 0) is 17.7 Å². The lowest BCUT2D eigenvalue weighted by atomic mass is 10.0. The first-order chi connectivity index (χ1) is 7.81. The van der Waals surface area contributed by atoms with Gasteiger partial charge in [0.2, 0.25) is 0 Å². The van der Waals surface area contributed by atoms with Crippen molar-refractivity contribution in [1.82, 2.24) is 5.32 Å². The topological polar surface area (TPSA) is 47.6 Å². The second-order valence-electron chi connectivity index (χ2n) is 3.70. The summed E-state index contributed by atoms with van der Waals surface area (Å²) in [4.78, 5) is 11.4. The van der Waals surface area contributed by atoms with Gasteiger partial charge in [-0.1, -0.05) is 12.1 Å². The molecule has 16 heavy (non-hydrogen) atoms. The summed E-state index contributed by atoms with van der Waals surface area (Å²) in [5, 5.41) is 3.34. The molecule has 4 nitrogen and oxygen atoms in total. The van der Waals surface area contributed by atoms with Crippen molar-refractivity contribution in [2.75, 3.05) is 26.9 Å². The molecule has 1 N–H and O–H groups in total. The standard InChI is InChI=1S/C12H15NO3/c1-15-12(14)10-4-2-3-9(7-10)11-8-16-6-5-13-11/h2-4,7,11,13H,5-6,8H2,1H3/t11-/m0/s1. The van der Waals surface area contributed by atoms with E-state index < -0.39 is 0 Å². The summed E-state index contributed by atoms with van der Waals surface area (Å²) in [6.45, 7) is 2.23. The highest BCUT2D eigenvalue weighted by Crippen LogP contribution is 2.17. The van der Waals surface area contributed by atoms with Crippen LogP contribution in [0.25, 0.3) is 0 Å². The molecule has 2 rings (SSSR count). The van der Waals surface area contributed by atoms with Crippen LogP contribution in [0, 0.1) is 0 Å². The predicted octanol–water partition coefficient (Wildman–Crippen LogP) is 1.13. The van der Waals surface area contributed by atoms with Gasteiger partial charge in [0.25, 0.3) is 0 Å². The summed E-state index contributed by atoms with van der Waals surface area (Å²) in [6.07, 6.45) is 0. The van der Waals surface area contributed by atoms with Crippen LogP contribution in [-0.2, 0) is 9.47 Å². The molecule has 86 valence electrons. The molecule has 1 aromatic carbocycles. The summed E-state index contributed by atoms with van der Waals surface area (Å²) in [5.41, 5.74) is 1.63. The molecule has 0 saturated carbocycles. The van der Waals surface area contributed by atoms with Crippen LogP contribution in [0.5, 0.6) is 0 Å². The van der Waals surface area contributed by atoms with Crippen LogP contribution in [-0.4, -0.2) is 32.8 Å². The number of carbonyl (C=O) groups is 1. The number of ether oxygens (including phenoxy) is 2. The first-order valence-corrected chi connectivity index (χ1v) is 5.30. The van der Waals surface area contributed by atoms with Crippen molar-refractivity contribution in [2.45, 2.75) is 6.04 Å². The molecule has 0 unspecified atom stereocenters. The molecular weight excluding hydrogens is 206 g/mol. The van der Waals surface area contributed by atoms with Crippen LogP contribution < -0.4 is 5.32 Å². The third kappa shape index (κ3) is 2.40. The Kier molecular flexibility index (Phi) is 3.54. The largest absolute Gasteiger partial charge is 0.465 e. The predicted molar refractivity (Wildman–Crippen MR) is 59.3 cm³/mol. The van der Waals surface area contributed by atoms with Gasteiger partial charge in [-0.2, -0.15) is 0 Å². The molecule has 0 aromatic heterocycles. The van der Waals surface area contributed by atoms with Crippen LogP contribution in [0.15, 0.2) is 24.3 Å². The van der Waals surface area contributed by atoms with Crippen molar-refractivity contribution in [2.24, 2.45) is 0 Å². The number of esters is 1. The van der Waals surface area contributed by atoms with Crippen LogP contribution in [0.2, 0.25) is 0 Å². The Bertz CT molecular complexity index is 372. The van der Waals surface area contributed by atoms with Crippen LogP contribution in [0.4, 0.5) is 0 Å². The van der Waals surface area contributed by atoms with E-state index in [0.717, 1.165) is 18.7 Å². The Hall–Kier alpha value is -1.39. The molecule has 1 aliphatic heterocycles. The fraction of sp³-hybridized carbons (Fsp3) is 0.417. The molecule has 1 aliphatic rings. The maximum Gasteiger partial charge on any atom is 0.337 e. The van der Waals surface area contributed by atoms with E-state index in [9.17, 15) is 4.79 Å². The first kappa shape index (κ1) is 11.1. The number of rotatable bonds is 2. The fourth-order valence-corrected chi connectivity index (χ4v) is 1.78. The van der Waals surface area contributed by atoms with Gasteiger partial charge in [0, 0.05) is 6.54 Å². The summed E-state index contributed by atoms with van der Waals surface area (Å²) < 4.78 is 10.1. The van der Waals surface area contributed by atoms with E-state index in [2.05, 4.69) is 10.1 Å². The van der Waals surface area contributed by atoms with Gasteiger partial charge in [-0.15, -0.1) is 0 Å². The van der Waals surface area contributed by atoms with Crippen LogP contribution in [0.1, 0.15) is 22.0 Å². The zero-order chi connectivity index (χ0) is 11.4. The number of carbonyl (C=O) groups excluding carboxylic acids is 1. The van der Waals surface area contributed by atoms with Crippen LogP contribution >= 0.6 is 0 Å². The second-order valence-corrected chi connectivity index (χ2v) is 3.70. The molecule has 1 fully saturated rings. The van der Waals surface area contributed by atoms with Gasteiger partial charge < -0.3 is 14.8 Å². The van der Waals surface area contributed by atoms with E-state index >= 15 is 0 Å². The lowest BCUT2D eigenvalue weighted by molar-refractivity contribution is 0.0599. The third-order valence-corrected chi connectivity index (χ3v) is 2.63. The maximum absolute atomic E-state index is 11.4. The van der Waals surface area contributed by atoms with Gasteiger partial charge in [0.1, 0.15) is 0 Å². The van der Waals surface area contributed by atoms with Gasteiger partial charge in [0.05, 0.1) is 31.9 Å². The van der Waals surface area contributed by atoms with E-state index in [4.69, 9.17) is 4.74 Å². The number of benzene rings is 1. The highest BCUT2D eigenvalue weighted by Gasteiger charge is 2.16. The normalized spacial score (nSPS) is 20.4. The van der Waals surface area contributed by atoms with E-state index in [1.165, 1.54) is 7.11 Å². The van der Waals surface area contributed by atoms with E-state index in [-0.39, 0.29) is 12.0 Å². The van der Waals surface area contributed by atoms with Crippen molar-refractivity contribution in [3.8, 4) is 0 Å². The highest BCUT2D eigenvalue weighted by molar-refractivity contribution is 5.89. The lowest BCUT2D eigenvalue weighted by Crippen LogP contribution is -2.34. The zero-order valence-electron chi connectivity index (χ0n) is 9.23. The van der Waals surface area contributed by atoms with Crippen molar-refractivity contribution in [1.29, 1.82) is 0 Å². The maximum atomic E-state index is 11.4. The number of morpholine rings is 1. The minimum atomic E-state index is -0.307. The smallest absolute Gasteiger partial charge is 0.337 e. The molecule has 1 heterocycles. The van der Waals surface area contributed by atoms with Gasteiger partial charge in [-0.25, -0.2) is 4.79 Å².